The summed E-state index contributed by atoms with van der Waals surface area (Å²) in [6.07, 6.45) is 1.37. The molecule has 1 unspecified atom stereocenters. The lowest BCUT2D eigenvalue weighted by atomic mass is 10.1. The summed E-state index contributed by atoms with van der Waals surface area (Å²) in [4.78, 5) is 0. The highest BCUT2D eigenvalue weighted by molar-refractivity contribution is 7.91. The van der Waals surface area contributed by atoms with E-state index in [1.807, 2.05) is 18.2 Å². The van der Waals surface area contributed by atoms with Gasteiger partial charge >= 0.3 is 0 Å². The van der Waals surface area contributed by atoms with Crippen LogP contribution in [0.4, 0.5) is 0 Å². The minimum Gasteiger partial charge on any atom is -0.459 e. The molecule has 0 spiro atoms. The van der Waals surface area contributed by atoms with Gasteiger partial charge in [0.15, 0.2) is 0 Å². The summed E-state index contributed by atoms with van der Waals surface area (Å²) in [5.74, 6) is 1.53. The molecule has 2 heterocycles. The summed E-state index contributed by atoms with van der Waals surface area (Å²) in [5, 5.41) is 4.66. The highest BCUT2D eigenvalue weighted by Crippen LogP contribution is 2.30. The lowest BCUT2D eigenvalue weighted by molar-refractivity contribution is 0.377. The van der Waals surface area contributed by atoms with Crippen molar-refractivity contribution in [3.05, 3.63) is 35.6 Å². The van der Waals surface area contributed by atoms with E-state index in [0.29, 0.717) is 12.8 Å². The molecule has 0 radical (unpaired) electrons. The summed E-state index contributed by atoms with van der Waals surface area (Å²) in [6, 6.07) is 8.36. The van der Waals surface area contributed by atoms with Crippen LogP contribution < -0.4 is 5.32 Å². The zero-order valence-electron chi connectivity index (χ0n) is 12.4. The molecule has 21 heavy (non-hydrogen) atoms. The molecule has 1 atom stereocenters. The average molecular weight is 307 g/mol. The summed E-state index contributed by atoms with van der Waals surface area (Å²) in [5.41, 5.74) is 2.07. The van der Waals surface area contributed by atoms with Crippen molar-refractivity contribution in [3.8, 4) is 0 Å². The monoisotopic (exact) mass is 307 g/mol. The first-order chi connectivity index (χ1) is 9.96. The minimum atomic E-state index is -2.81. The fourth-order valence-electron chi connectivity index (χ4n) is 3.09. The standard InChI is InChI=1S/C16H21NO3S/c1-11-14-5-3-4-6-15(14)20-16(11)12(2)17-13-7-9-21(18,19)10-8-13/h3-6,12-13,17H,7-10H2,1-2H3. The highest BCUT2D eigenvalue weighted by Gasteiger charge is 2.26. The van der Waals surface area contributed by atoms with Crippen LogP contribution in [0.1, 0.15) is 37.1 Å². The maximum absolute atomic E-state index is 11.5. The molecule has 1 N–H and O–H groups in total. The number of nitrogens with one attached hydrogen (secondary N) is 1. The van der Waals surface area contributed by atoms with E-state index in [4.69, 9.17) is 4.42 Å². The molecule has 114 valence electrons. The number of hydrogen-bond acceptors (Lipinski definition) is 4. The highest BCUT2D eigenvalue weighted by atomic mass is 32.2. The van der Waals surface area contributed by atoms with Crippen molar-refractivity contribution in [2.24, 2.45) is 0 Å². The van der Waals surface area contributed by atoms with Crippen LogP contribution in [-0.4, -0.2) is 26.0 Å². The number of hydrogen-bond donors (Lipinski definition) is 1. The zero-order valence-corrected chi connectivity index (χ0v) is 13.2. The van der Waals surface area contributed by atoms with Crippen LogP contribution in [0.3, 0.4) is 0 Å². The van der Waals surface area contributed by atoms with Gasteiger partial charge in [0.2, 0.25) is 0 Å². The minimum absolute atomic E-state index is 0.0863. The van der Waals surface area contributed by atoms with Crippen LogP contribution in [0.15, 0.2) is 28.7 Å². The molecular weight excluding hydrogens is 286 g/mol. The van der Waals surface area contributed by atoms with Crippen LogP contribution in [0.2, 0.25) is 0 Å². The fraction of sp³-hybridized carbons (Fsp3) is 0.500. The van der Waals surface area contributed by atoms with E-state index < -0.39 is 9.84 Å². The first kappa shape index (κ1) is 14.6. The van der Waals surface area contributed by atoms with Gasteiger partial charge in [-0.25, -0.2) is 8.42 Å². The Hall–Kier alpha value is -1.33. The molecule has 1 aromatic carbocycles. The molecule has 1 aliphatic heterocycles. The van der Waals surface area contributed by atoms with Crippen molar-refractivity contribution in [2.45, 2.75) is 38.8 Å². The topological polar surface area (TPSA) is 59.3 Å². The fourth-order valence-corrected chi connectivity index (χ4v) is 4.58. The van der Waals surface area contributed by atoms with E-state index in [1.165, 1.54) is 0 Å². The molecule has 0 aliphatic carbocycles. The van der Waals surface area contributed by atoms with Crippen molar-refractivity contribution in [3.63, 3.8) is 0 Å². The average Bonchev–Trinajstić information content (AvgIpc) is 2.79. The van der Waals surface area contributed by atoms with E-state index in [0.717, 1.165) is 22.3 Å². The van der Waals surface area contributed by atoms with Crippen molar-refractivity contribution in [1.29, 1.82) is 0 Å². The predicted octanol–water partition coefficient (Wildman–Crippen LogP) is 2.97. The zero-order chi connectivity index (χ0) is 15.0. The number of furan rings is 1. The Morgan fingerprint density at radius 1 is 1.24 bits per heavy atom. The van der Waals surface area contributed by atoms with E-state index in [1.54, 1.807) is 0 Å². The number of rotatable bonds is 3. The number of para-hydroxylation sites is 1. The Labute approximate surface area is 125 Å². The van der Waals surface area contributed by atoms with Crippen molar-refractivity contribution in [2.75, 3.05) is 11.5 Å². The van der Waals surface area contributed by atoms with Crippen molar-refractivity contribution < 1.29 is 12.8 Å². The van der Waals surface area contributed by atoms with Gasteiger partial charge in [-0.3, -0.25) is 0 Å². The van der Waals surface area contributed by atoms with Gasteiger partial charge in [-0.05, 0) is 38.3 Å². The van der Waals surface area contributed by atoms with Crippen LogP contribution in [0.25, 0.3) is 11.0 Å². The SMILES string of the molecule is Cc1c(C(C)NC2CCS(=O)(=O)CC2)oc2ccccc12. The quantitative estimate of drug-likeness (QED) is 0.947. The Bertz CT molecular complexity index is 734. The van der Waals surface area contributed by atoms with Gasteiger partial charge in [0.1, 0.15) is 21.2 Å². The first-order valence-corrected chi connectivity index (χ1v) is 9.23. The lowest BCUT2D eigenvalue weighted by Crippen LogP contribution is -2.38. The van der Waals surface area contributed by atoms with Gasteiger partial charge in [-0.15, -0.1) is 0 Å². The molecule has 1 aliphatic rings. The van der Waals surface area contributed by atoms with Gasteiger partial charge in [-0.2, -0.15) is 0 Å². The summed E-state index contributed by atoms with van der Waals surface area (Å²) < 4.78 is 28.9. The van der Waals surface area contributed by atoms with Gasteiger partial charge < -0.3 is 9.73 Å². The third-order valence-corrected chi connectivity index (χ3v) is 6.03. The molecule has 0 amide bonds. The van der Waals surface area contributed by atoms with Crippen LogP contribution >= 0.6 is 0 Å². The van der Waals surface area contributed by atoms with Crippen LogP contribution in [0.5, 0.6) is 0 Å². The molecule has 2 aromatic rings. The lowest BCUT2D eigenvalue weighted by Gasteiger charge is -2.26. The van der Waals surface area contributed by atoms with E-state index >= 15 is 0 Å². The third kappa shape index (κ3) is 2.99. The largest absolute Gasteiger partial charge is 0.459 e. The van der Waals surface area contributed by atoms with E-state index in [-0.39, 0.29) is 23.6 Å². The molecule has 0 saturated carbocycles. The van der Waals surface area contributed by atoms with Crippen molar-refractivity contribution >= 4 is 20.8 Å². The summed E-state index contributed by atoms with van der Waals surface area (Å²) >= 11 is 0. The van der Waals surface area contributed by atoms with Gasteiger partial charge in [0.05, 0.1) is 17.5 Å². The Kier molecular flexibility index (Phi) is 3.80. The van der Waals surface area contributed by atoms with Gasteiger partial charge in [-0.1, -0.05) is 18.2 Å². The molecule has 1 fully saturated rings. The van der Waals surface area contributed by atoms with Crippen LogP contribution in [0, 0.1) is 6.92 Å². The molecular formula is C16H21NO3S. The van der Waals surface area contributed by atoms with Gasteiger partial charge in [0.25, 0.3) is 0 Å². The second-order valence-corrected chi connectivity index (χ2v) is 8.21. The molecule has 1 saturated heterocycles. The normalized spacial score (nSPS) is 20.7. The molecule has 1 aromatic heterocycles. The first-order valence-electron chi connectivity index (χ1n) is 7.41. The second-order valence-electron chi connectivity index (χ2n) is 5.90. The number of fused-ring (bicyclic) bond motifs is 1. The maximum Gasteiger partial charge on any atom is 0.150 e. The number of benzene rings is 1. The molecule has 3 rings (SSSR count). The van der Waals surface area contributed by atoms with Crippen molar-refractivity contribution in [1.82, 2.24) is 5.32 Å². The third-order valence-electron chi connectivity index (χ3n) is 4.31. The summed E-state index contributed by atoms with van der Waals surface area (Å²) in [7, 11) is -2.81. The molecule has 0 bridgehead atoms. The molecule has 4 nitrogen and oxygen atoms in total. The molecule has 5 heteroatoms. The smallest absolute Gasteiger partial charge is 0.150 e. The second kappa shape index (κ2) is 5.46. The van der Waals surface area contributed by atoms with E-state index in [9.17, 15) is 8.42 Å². The predicted molar refractivity (Wildman–Crippen MR) is 84.2 cm³/mol. The Balaban J connectivity index is 1.75. The maximum atomic E-state index is 11.5. The summed E-state index contributed by atoms with van der Waals surface area (Å²) in [6.45, 7) is 4.15. The number of sulfone groups is 1. The Morgan fingerprint density at radius 3 is 2.57 bits per heavy atom. The number of aryl methyl sites for hydroxylation is 1. The van der Waals surface area contributed by atoms with Gasteiger partial charge in [0, 0.05) is 11.4 Å². The van der Waals surface area contributed by atoms with E-state index in [2.05, 4.69) is 25.2 Å². The van der Waals surface area contributed by atoms with Crippen LogP contribution in [-0.2, 0) is 9.84 Å². The Morgan fingerprint density at radius 2 is 1.90 bits per heavy atom.